The van der Waals surface area contributed by atoms with E-state index in [1.807, 2.05) is 30.3 Å². The van der Waals surface area contributed by atoms with Gasteiger partial charge in [0.05, 0.1) is 0 Å². The molecular formula is C18H29NO3. The molecular weight excluding hydrogens is 278 g/mol. The maximum atomic E-state index is 11.9. The molecule has 0 heterocycles. The van der Waals surface area contributed by atoms with E-state index in [9.17, 15) is 4.79 Å². The van der Waals surface area contributed by atoms with Crippen LogP contribution in [0, 0.1) is 0 Å². The molecule has 124 valence electrons. The minimum Gasteiger partial charge on any atom is -0.445 e. The first-order chi connectivity index (χ1) is 10.8. The van der Waals surface area contributed by atoms with Crippen molar-refractivity contribution in [1.82, 2.24) is 5.32 Å². The van der Waals surface area contributed by atoms with Crippen LogP contribution in [0.3, 0.4) is 0 Å². The van der Waals surface area contributed by atoms with Crippen LogP contribution in [0.25, 0.3) is 0 Å². The summed E-state index contributed by atoms with van der Waals surface area (Å²) in [5, 5.41) is 11.8. The highest BCUT2D eigenvalue weighted by Gasteiger charge is 2.12. The SMILES string of the molecule is CCCCC(CCCCCO)NC(=O)OCc1ccccc1. The topological polar surface area (TPSA) is 58.6 Å². The monoisotopic (exact) mass is 307 g/mol. The average Bonchev–Trinajstić information content (AvgIpc) is 2.55. The average molecular weight is 307 g/mol. The van der Waals surface area contributed by atoms with Crippen molar-refractivity contribution >= 4 is 6.09 Å². The Bertz CT molecular complexity index is 395. The lowest BCUT2D eigenvalue weighted by molar-refractivity contribution is 0.134. The number of aliphatic hydroxyl groups is 1. The molecule has 0 spiro atoms. The number of amides is 1. The van der Waals surface area contributed by atoms with Gasteiger partial charge >= 0.3 is 6.09 Å². The van der Waals surface area contributed by atoms with Crippen molar-refractivity contribution in [1.29, 1.82) is 0 Å². The van der Waals surface area contributed by atoms with Crippen molar-refractivity contribution in [3.05, 3.63) is 35.9 Å². The number of nitrogens with one attached hydrogen (secondary N) is 1. The van der Waals surface area contributed by atoms with Gasteiger partial charge < -0.3 is 15.2 Å². The molecule has 0 saturated heterocycles. The second-order valence-electron chi connectivity index (χ2n) is 5.62. The van der Waals surface area contributed by atoms with E-state index in [-0.39, 0.29) is 18.7 Å². The number of ether oxygens (including phenoxy) is 1. The number of alkyl carbamates (subject to hydrolysis) is 1. The van der Waals surface area contributed by atoms with Crippen LogP contribution in [0.4, 0.5) is 4.79 Å². The smallest absolute Gasteiger partial charge is 0.407 e. The van der Waals surface area contributed by atoms with Crippen molar-refractivity contribution in [2.45, 2.75) is 64.5 Å². The molecule has 0 bridgehead atoms. The fraction of sp³-hybridized carbons (Fsp3) is 0.611. The van der Waals surface area contributed by atoms with Crippen molar-refractivity contribution < 1.29 is 14.6 Å². The molecule has 0 aliphatic rings. The van der Waals surface area contributed by atoms with E-state index in [2.05, 4.69) is 12.2 Å². The Kier molecular flexibility index (Phi) is 10.1. The highest BCUT2D eigenvalue weighted by atomic mass is 16.5. The van der Waals surface area contributed by atoms with Gasteiger partial charge in [0.1, 0.15) is 6.61 Å². The second kappa shape index (κ2) is 12.0. The Hall–Kier alpha value is -1.55. The van der Waals surface area contributed by atoms with Gasteiger partial charge in [-0.25, -0.2) is 4.79 Å². The molecule has 1 amide bonds. The Balaban J connectivity index is 2.30. The maximum absolute atomic E-state index is 11.9. The Morgan fingerprint density at radius 1 is 1.14 bits per heavy atom. The lowest BCUT2D eigenvalue weighted by Gasteiger charge is -2.18. The lowest BCUT2D eigenvalue weighted by atomic mass is 10.0. The predicted molar refractivity (Wildman–Crippen MR) is 88.6 cm³/mol. The molecule has 0 radical (unpaired) electrons. The predicted octanol–water partition coefficient (Wildman–Crippen LogP) is 4.02. The van der Waals surface area contributed by atoms with Gasteiger partial charge in [-0.2, -0.15) is 0 Å². The zero-order valence-corrected chi connectivity index (χ0v) is 13.6. The molecule has 1 atom stereocenters. The number of rotatable bonds is 11. The zero-order valence-electron chi connectivity index (χ0n) is 13.6. The van der Waals surface area contributed by atoms with Crippen LogP contribution < -0.4 is 5.32 Å². The summed E-state index contributed by atoms with van der Waals surface area (Å²) in [4.78, 5) is 11.9. The van der Waals surface area contributed by atoms with Gasteiger partial charge in [-0.15, -0.1) is 0 Å². The van der Waals surface area contributed by atoms with Crippen LogP contribution in [0.1, 0.15) is 57.4 Å². The summed E-state index contributed by atoms with van der Waals surface area (Å²) in [6.45, 7) is 2.69. The highest BCUT2D eigenvalue weighted by Crippen LogP contribution is 2.10. The molecule has 4 heteroatoms. The van der Waals surface area contributed by atoms with Crippen molar-refractivity contribution in [2.75, 3.05) is 6.61 Å². The summed E-state index contributed by atoms with van der Waals surface area (Å²) in [7, 11) is 0. The molecule has 1 aromatic rings. The fourth-order valence-electron chi connectivity index (χ4n) is 2.35. The molecule has 1 unspecified atom stereocenters. The van der Waals surface area contributed by atoms with Crippen molar-refractivity contribution in [2.24, 2.45) is 0 Å². The van der Waals surface area contributed by atoms with Gasteiger partial charge in [-0.05, 0) is 24.8 Å². The minimum absolute atomic E-state index is 0.168. The van der Waals surface area contributed by atoms with Crippen molar-refractivity contribution in [3.63, 3.8) is 0 Å². The first-order valence-electron chi connectivity index (χ1n) is 8.34. The fourth-order valence-corrected chi connectivity index (χ4v) is 2.35. The third-order valence-electron chi connectivity index (χ3n) is 3.65. The molecule has 1 aromatic carbocycles. The molecule has 4 nitrogen and oxygen atoms in total. The summed E-state index contributed by atoms with van der Waals surface area (Å²) in [6.07, 6.45) is 6.66. The molecule has 0 saturated carbocycles. The largest absolute Gasteiger partial charge is 0.445 e. The highest BCUT2D eigenvalue weighted by molar-refractivity contribution is 5.67. The molecule has 0 aromatic heterocycles. The van der Waals surface area contributed by atoms with Gasteiger partial charge in [0, 0.05) is 12.6 Å². The molecule has 2 N–H and O–H groups in total. The number of carbonyl (C=O) groups excluding carboxylic acids is 1. The maximum Gasteiger partial charge on any atom is 0.407 e. The van der Waals surface area contributed by atoms with E-state index in [0.717, 1.165) is 50.5 Å². The third kappa shape index (κ3) is 8.67. The van der Waals surface area contributed by atoms with Crippen LogP contribution in [-0.4, -0.2) is 23.8 Å². The number of aliphatic hydroxyl groups excluding tert-OH is 1. The Morgan fingerprint density at radius 3 is 2.55 bits per heavy atom. The van der Waals surface area contributed by atoms with E-state index in [0.29, 0.717) is 6.61 Å². The number of unbranched alkanes of at least 4 members (excludes halogenated alkanes) is 3. The van der Waals surface area contributed by atoms with Gasteiger partial charge in [0.2, 0.25) is 0 Å². The first kappa shape index (κ1) is 18.5. The van der Waals surface area contributed by atoms with Crippen LogP contribution in [0.15, 0.2) is 30.3 Å². The van der Waals surface area contributed by atoms with E-state index in [4.69, 9.17) is 9.84 Å². The third-order valence-corrected chi connectivity index (χ3v) is 3.65. The molecule has 0 aliphatic carbocycles. The van der Waals surface area contributed by atoms with E-state index >= 15 is 0 Å². The second-order valence-corrected chi connectivity index (χ2v) is 5.62. The molecule has 22 heavy (non-hydrogen) atoms. The minimum atomic E-state index is -0.341. The number of hydrogen-bond donors (Lipinski definition) is 2. The van der Waals surface area contributed by atoms with E-state index in [1.54, 1.807) is 0 Å². The normalized spacial score (nSPS) is 11.9. The molecule has 1 rings (SSSR count). The molecule has 0 fully saturated rings. The van der Waals surface area contributed by atoms with Crippen LogP contribution >= 0.6 is 0 Å². The quantitative estimate of drug-likeness (QED) is 0.607. The van der Waals surface area contributed by atoms with Crippen LogP contribution in [0.2, 0.25) is 0 Å². The number of carbonyl (C=O) groups is 1. The summed E-state index contributed by atoms with van der Waals surface area (Å²) in [6, 6.07) is 9.86. The summed E-state index contributed by atoms with van der Waals surface area (Å²) < 4.78 is 5.28. The van der Waals surface area contributed by atoms with Crippen LogP contribution in [0.5, 0.6) is 0 Å². The van der Waals surface area contributed by atoms with E-state index in [1.165, 1.54) is 0 Å². The van der Waals surface area contributed by atoms with Crippen molar-refractivity contribution in [3.8, 4) is 0 Å². The number of hydrogen-bond acceptors (Lipinski definition) is 3. The first-order valence-corrected chi connectivity index (χ1v) is 8.34. The summed E-state index contributed by atoms with van der Waals surface area (Å²) in [5.74, 6) is 0. The molecule has 0 aliphatic heterocycles. The number of benzene rings is 1. The van der Waals surface area contributed by atoms with Gasteiger partial charge in [0.25, 0.3) is 0 Å². The Morgan fingerprint density at radius 2 is 1.86 bits per heavy atom. The Labute approximate surface area is 133 Å². The summed E-state index contributed by atoms with van der Waals surface area (Å²) in [5.41, 5.74) is 0.991. The zero-order chi connectivity index (χ0) is 16.0. The van der Waals surface area contributed by atoms with Crippen LogP contribution in [-0.2, 0) is 11.3 Å². The lowest BCUT2D eigenvalue weighted by Crippen LogP contribution is -2.35. The van der Waals surface area contributed by atoms with Gasteiger partial charge in [-0.1, -0.05) is 62.9 Å². The van der Waals surface area contributed by atoms with Gasteiger partial charge in [0.15, 0.2) is 0 Å². The van der Waals surface area contributed by atoms with Gasteiger partial charge in [-0.3, -0.25) is 0 Å². The van der Waals surface area contributed by atoms with E-state index < -0.39 is 0 Å². The summed E-state index contributed by atoms with van der Waals surface area (Å²) >= 11 is 0. The standard InChI is InChI=1S/C18H29NO3/c1-2-3-12-17(13-8-5-9-14-20)19-18(21)22-15-16-10-6-4-7-11-16/h4,6-7,10-11,17,20H,2-3,5,8-9,12-15H2,1H3,(H,19,21).